The third-order valence-electron chi connectivity index (χ3n) is 3.92. The average molecular weight is 412 g/mol. The van der Waals surface area contributed by atoms with Gasteiger partial charge in [-0.2, -0.15) is 9.78 Å². The van der Waals surface area contributed by atoms with Crippen LogP contribution in [0.2, 0.25) is 0 Å². The molecule has 1 aliphatic heterocycles. The highest BCUT2D eigenvalue weighted by Crippen LogP contribution is 2.31. The first kappa shape index (κ1) is 18.5. The molecule has 142 valence electrons. The summed E-state index contributed by atoms with van der Waals surface area (Å²) >= 11 is 3.02. The molecule has 0 aliphatic carbocycles. The molecule has 0 amide bonds. The molecule has 0 atom stereocenters. The van der Waals surface area contributed by atoms with Gasteiger partial charge in [-0.25, -0.2) is 4.79 Å². The second-order valence-corrected chi connectivity index (χ2v) is 7.69. The highest BCUT2D eigenvalue weighted by molar-refractivity contribution is 7.99. The summed E-state index contributed by atoms with van der Waals surface area (Å²) in [5, 5.41) is 25.2. The molecule has 0 saturated heterocycles. The Morgan fingerprint density at radius 1 is 1.29 bits per heavy atom. The van der Waals surface area contributed by atoms with E-state index in [2.05, 4.69) is 15.3 Å². The minimum atomic E-state index is -0.441. The summed E-state index contributed by atoms with van der Waals surface area (Å²) in [5.41, 5.74) is 1.72. The Labute approximate surface area is 169 Å². The Balaban J connectivity index is 1.77. The van der Waals surface area contributed by atoms with Crippen LogP contribution in [0.5, 0.6) is 5.75 Å². The molecule has 7 nitrogen and oxygen atoms in total. The number of fused-ring (bicyclic) bond motifs is 1. The maximum Gasteiger partial charge on any atom is 0.340 e. The van der Waals surface area contributed by atoms with Gasteiger partial charge in [0.1, 0.15) is 5.75 Å². The van der Waals surface area contributed by atoms with Crippen LogP contribution >= 0.6 is 23.1 Å². The van der Waals surface area contributed by atoms with Crippen LogP contribution in [0.3, 0.4) is 0 Å². The number of thiophene rings is 1. The van der Waals surface area contributed by atoms with Gasteiger partial charge < -0.3 is 9.84 Å². The molecule has 0 saturated carbocycles. The number of hydrogen-bond donors (Lipinski definition) is 1. The van der Waals surface area contributed by atoms with Crippen molar-refractivity contribution in [1.82, 2.24) is 14.9 Å². The Morgan fingerprint density at radius 2 is 2.11 bits per heavy atom. The quantitative estimate of drug-likeness (QED) is 0.508. The van der Waals surface area contributed by atoms with Crippen LogP contribution in [-0.2, 0) is 9.53 Å². The van der Waals surface area contributed by atoms with Crippen molar-refractivity contribution in [2.24, 2.45) is 5.10 Å². The van der Waals surface area contributed by atoms with Crippen molar-refractivity contribution in [1.29, 1.82) is 0 Å². The zero-order valence-electron chi connectivity index (χ0n) is 14.9. The van der Waals surface area contributed by atoms with Crippen molar-refractivity contribution in [3.8, 4) is 16.5 Å². The van der Waals surface area contributed by atoms with Gasteiger partial charge >= 0.3 is 5.97 Å². The highest BCUT2D eigenvalue weighted by atomic mass is 32.2. The number of carbonyl (C=O) groups excluding carboxylic acids is 1. The van der Waals surface area contributed by atoms with E-state index in [9.17, 15) is 9.90 Å². The van der Waals surface area contributed by atoms with E-state index in [0.717, 1.165) is 10.4 Å². The third-order valence-corrected chi connectivity index (χ3v) is 5.72. The summed E-state index contributed by atoms with van der Waals surface area (Å²) in [6.07, 6.45) is 1.72. The summed E-state index contributed by atoms with van der Waals surface area (Å²) in [4.78, 5) is 13.6. The lowest BCUT2D eigenvalue weighted by Crippen LogP contribution is -2.21. The maximum absolute atomic E-state index is 12.6. The van der Waals surface area contributed by atoms with E-state index in [1.165, 1.54) is 11.8 Å². The van der Waals surface area contributed by atoms with Crippen molar-refractivity contribution < 1.29 is 14.6 Å². The van der Waals surface area contributed by atoms with Gasteiger partial charge in [0.25, 0.3) is 0 Å². The fourth-order valence-electron chi connectivity index (χ4n) is 2.63. The number of esters is 1. The number of benzene rings is 1. The van der Waals surface area contributed by atoms with Crippen molar-refractivity contribution in [2.45, 2.75) is 12.1 Å². The largest absolute Gasteiger partial charge is 0.508 e. The van der Waals surface area contributed by atoms with Crippen molar-refractivity contribution >= 4 is 40.9 Å². The predicted octanol–water partition coefficient (Wildman–Crippen LogP) is 3.67. The Hall–Kier alpha value is -2.91. The van der Waals surface area contributed by atoms with Gasteiger partial charge in [-0.1, -0.05) is 30.0 Å². The molecule has 1 aliphatic rings. The first-order chi connectivity index (χ1) is 13.7. The molecule has 4 rings (SSSR count). The molecule has 2 aromatic heterocycles. The summed E-state index contributed by atoms with van der Waals surface area (Å²) in [6.45, 7) is 2.03. The number of rotatable bonds is 5. The van der Waals surface area contributed by atoms with E-state index in [4.69, 9.17) is 4.74 Å². The molecule has 1 aromatic carbocycles. The molecule has 9 heteroatoms. The van der Waals surface area contributed by atoms with Gasteiger partial charge in [-0.3, -0.25) is 0 Å². The van der Waals surface area contributed by atoms with E-state index in [0.29, 0.717) is 28.0 Å². The second kappa shape index (κ2) is 7.99. The molecule has 0 unspecified atom stereocenters. The number of phenolic OH excluding ortho intramolecular Hbond substituents is 1. The van der Waals surface area contributed by atoms with E-state index in [1.807, 2.05) is 17.5 Å². The monoisotopic (exact) mass is 412 g/mol. The SMILES string of the molecule is CCOC(=O)/C(=C\c1ccc(O)cc1)C1=Nn2c(nnc2-c2cccs2)SC1. The molecule has 3 aromatic rings. The minimum Gasteiger partial charge on any atom is -0.508 e. The van der Waals surface area contributed by atoms with Crippen LogP contribution in [0.4, 0.5) is 0 Å². The summed E-state index contributed by atoms with van der Waals surface area (Å²) in [5.74, 6) is 0.840. The minimum absolute atomic E-state index is 0.162. The standard InChI is InChI=1S/C19H16N4O3S2/c1-2-26-18(25)14(10-12-5-7-13(24)8-6-12)15-11-28-19-21-20-17(23(19)22-15)16-4-3-9-27-16/h3-10,24H,2,11H2,1H3/b14-10-. The Morgan fingerprint density at radius 3 is 2.82 bits per heavy atom. The van der Waals surface area contributed by atoms with Crippen LogP contribution in [0, 0.1) is 0 Å². The maximum atomic E-state index is 12.6. The zero-order valence-corrected chi connectivity index (χ0v) is 16.5. The molecule has 0 radical (unpaired) electrons. The number of hydrogen-bond acceptors (Lipinski definition) is 8. The second-order valence-electron chi connectivity index (χ2n) is 5.80. The first-order valence-electron chi connectivity index (χ1n) is 8.54. The number of phenols is 1. The van der Waals surface area contributed by atoms with E-state index < -0.39 is 5.97 Å². The van der Waals surface area contributed by atoms with Gasteiger partial charge in [-0.05, 0) is 42.1 Å². The van der Waals surface area contributed by atoms with E-state index in [1.54, 1.807) is 53.3 Å². The number of ether oxygens (including phenoxy) is 1. The summed E-state index contributed by atoms with van der Waals surface area (Å²) in [7, 11) is 0. The van der Waals surface area contributed by atoms with Crippen molar-refractivity contribution in [3.63, 3.8) is 0 Å². The van der Waals surface area contributed by atoms with Crippen molar-refractivity contribution in [3.05, 3.63) is 52.9 Å². The molecule has 3 heterocycles. The van der Waals surface area contributed by atoms with Crippen LogP contribution in [-0.4, -0.2) is 44.0 Å². The average Bonchev–Trinajstić information content (AvgIpc) is 3.36. The van der Waals surface area contributed by atoms with E-state index >= 15 is 0 Å². The highest BCUT2D eigenvalue weighted by Gasteiger charge is 2.25. The van der Waals surface area contributed by atoms with Crippen LogP contribution in [0.25, 0.3) is 16.8 Å². The van der Waals surface area contributed by atoms with Gasteiger partial charge in [0.15, 0.2) is 5.82 Å². The molecule has 0 fully saturated rings. The Bertz CT molecular complexity index is 1050. The number of thioether (sulfide) groups is 1. The van der Waals surface area contributed by atoms with Crippen molar-refractivity contribution in [2.75, 3.05) is 12.4 Å². The number of nitrogens with zero attached hydrogens (tertiary/aromatic N) is 4. The summed E-state index contributed by atoms with van der Waals surface area (Å²) < 4.78 is 6.91. The van der Waals surface area contributed by atoms with E-state index in [-0.39, 0.29) is 12.4 Å². The smallest absolute Gasteiger partial charge is 0.340 e. The Kier molecular flexibility index (Phi) is 5.27. The lowest BCUT2D eigenvalue weighted by atomic mass is 10.1. The van der Waals surface area contributed by atoms with Crippen LogP contribution in [0.1, 0.15) is 12.5 Å². The van der Waals surface area contributed by atoms with Gasteiger partial charge in [-0.15, -0.1) is 21.5 Å². The molecule has 0 bridgehead atoms. The van der Waals surface area contributed by atoms with Crippen LogP contribution in [0.15, 0.2) is 57.6 Å². The number of aromatic nitrogens is 3. The first-order valence-corrected chi connectivity index (χ1v) is 10.4. The van der Waals surface area contributed by atoms with Gasteiger partial charge in [0.2, 0.25) is 5.16 Å². The zero-order chi connectivity index (χ0) is 19.5. The lowest BCUT2D eigenvalue weighted by Gasteiger charge is -2.15. The van der Waals surface area contributed by atoms with Gasteiger partial charge in [0.05, 0.1) is 22.8 Å². The molecule has 0 spiro atoms. The van der Waals surface area contributed by atoms with Gasteiger partial charge in [0, 0.05) is 5.75 Å². The lowest BCUT2D eigenvalue weighted by molar-refractivity contribution is -0.137. The van der Waals surface area contributed by atoms with Crippen LogP contribution < -0.4 is 0 Å². The normalized spacial score (nSPS) is 13.8. The fourth-order valence-corrected chi connectivity index (χ4v) is 4.15. The molecular formula is C19H16N4O3S2. The predicted molar refractivity (Wildman–Crippen MR) is 110 cm³/mol. The molecule has 28 heavy (non-hydrogen) atoms. The fraction of sp³-hybridized carbons (Fsp3) is 0.158. The topological polar surface area (TPSA) is 89.6 Å². The number of aromatic hydroxyl groups is 1. The summed E-state index contributed by atoms with van der Waals surface area (Å²) in [6, 6.07) is 10.5. The molecule has 1 N–H and O–H groups in total. The third kappa shape index (κ3) is 3.71. The number of carbonyl (C=O) groups is 1. The molecular weight excluding hydrogens is 396 g/mol.